The van der Waals surface area contributed by atoms with E-state index in [4.69, 9.17) is 9.83 Å². The number of amides is 1. The number of carbonyl (C=O) groups excluding carboxylic acids is 1. The predicted molar refractivity (Wildman–Crippen MR) is 87.1 cm³/mol. The van der Waals surface area contributed by atoms with Crippen LogP contribution >= 0.6 is 0 Å². The summed E-state index contributed by atoms with van der Waals surface area (Å²) in [5.41, 5.74) is 3.70. The van der Waals surface area contributed by atoms with Crippen molar-refractivity contribution in [1.29, 1.82) is 0 Å². The van der Waals surface area contributed by atoms with E-state index in [9.17, 15) is 4.79 Å². The number of hydroxylamine groups is 1. The van der Waals surface area contributed by atoms with Gasteiger partial charge < -0.3 is 4.90 Å². The molecule has 1 amide bonds. The molecule has 1 spiro atoms. The van der Waals surface area contributed by atoms with Crippen LogP contribution in [0.2, 0.25) is 0 Å². The molecule has 1 N–H and O–H groups in total. The molecule has 3 heterocycles. The summed E-state index contributed by atoms with van der Waals surface area (Å²) in [7, 11) is 0. The van der Waals surface area contributed by atoms with Gasteiger partial charge in [0.2, 0.25) is 0 Å². The number of aliphatic imine (C=N–C) groups is 1. The van der Waals surface area contributed by atoms with E-state index < -0.39 is 5.72 Å². The van der Waals surface area contributed by atoms with Crippen molar-refractivity contribution < 1.29 is 9.63 Å². The van der Waals surface area contributed by atoms with E-state index in [1.165, 1.54) is 12.4 Å². The fourth-order valence-corrected chi connectivity index (χ4v) is 2.96. The number of amidine groups is 1. The van der Waals surface area contributed by atoms with Crippen molar-refractivity contribution in [3.05, 3.63) is 60.2 Å². The molecule has 1 fully saturated rings. The Morgan fingerprint density at radius 1 is 1.17 bits per heavy atom. The van der Waals surface area contributed by atoms with Gasteiger partial charge in [-0.1, -0.05) is 30.3 Å². The molecule has 0 saturated carbocycles. The second-order valence-electron chi connectivity index (χ2n) is 5.86. The molecule has 122 valence electrons. The molecule has 0 atom stereocenters. The number of likely N-dealkylation sites (tertiary alicyclic amines) is 1. The summed E-state index contributed by atoms with van der Waals surface area (Å²) in [6.45, 7) is 1.14. The van der Waals surface area contributed by atoms with Crippen molar-refractivity contribution in [2.75, 3.05) is 13.1 Å². The number of nitrogens with one attached hydrogen (secondary N) is 1. The summed E-state index contributed by atoms with van der Waals surface area (Å²) in [6.07, 6.45) is 5.86. The SMILES string of the molecule is O=C(c1cnccn1)N1CCC2(CC1)N=C(c1ccccc1)NO2. The second kappa shape index (κ2) is 6.01. The highest BCUT2D eigenvalue weighted by atomic mass is 16.7. The normalized spacial score (nSPS) is 19.0. The van der Waals surface area contributed by atoms with Crippen LogP contribution in [0.5, 0.6) is 0 Å². The average Bonchev–Trinajstić information content (AvgIpc) is 3.07. The number of piperidine rings is 1. The summed E-state index contributed by atoms with van der Waals surface area (Å²) >= 11 is 0. The number of carbonyl (C=O) groups is 1. The zero-order chi connectivity index (χ0) is 16.4. The van der Waals surface area contributed by atoms with Gasteiger partial charge in [0.1, 0.15) is 5.69 Å². The molecule has 0 radical (unpaired) electrons. The number of benzene rings is 1. The van der Waals surface area contributed by atoms with E-state index in [2.05, 4.69) is 15.4 Å². The molecule has 4 rings (SSSR count). The first-order chi connectivity index (χ1) is 11.8. The molecule has 0 unspecified atom stereocenters. The van der Waals surface area contributed by atoms with E-state index in [-0.39, 0.29) is 5.91 Å². The third kappa shape index (κ3) is 2.74. The molecule has 2 aliphatic rings. The Morgan fingerprint density at radius 2 is 1.96 bits per heavy atom. The Bertz CT molecular complexity index is 755. The number of nitrogens with zero attached hydrogens (tertiary/aromatic N) is 4. The maximum absolute atomic E-state index is 12.4. The molecule has 0 aliphatic carbocycles. The monoisotopic (exact) mass is 323 g/mol. The maximum atomic E-state index is 12.4. The summed E-state index contributed by atoms with van der Waals surface area (Å²) in [6, 6.07) is 9.87. The lowest BCUT2D eigenvalue weighted by molar-refractivity contribution is -0.0850. The number of rotatable bonds is 2. The van der Waals surface area contributed by atoms with Gasteiger partial charge in [0, 0.05) is 43.9 Å². The lowest BCUT2D eigenvalue weighted by atomic mass is 10.0. The minimum Gasteiger partial charge on any atom is -0.337 e. The van der Waals surface area contributed by atoms with Crippen LogP contribution in [0.4, 0.5) is 0 Å². The minimum absolute atomic E-state index is 0.101. The lowest BCUT2D eigenvalue weighted by Crippen LogP contribution is -2.46. The summed E-state index contributed by atoms with van der Waals surface area (Å²) in [5, 5.41) is 0. The first-order valence-corrected chi connectivity index (χ1v) is 7.90. The Labute approximate surface area is 139 Å². The largest absolute Gasteiger partial charge is 0.337 e. The standard InChI is InChI=1S/C17H17N5O2/c23-16(14-12-18-8-9-19-14)22-10-6-17(7-11-22)20-15(21-24-17)13-4-2-1-3-5-13/h1-5,8-9,12H,6-7,10-11H2,(H,20,21). The van der Waals surface area contributed by atoms with Gasteiger partial charge in [0.15, 0.2) is 11.6 Å². The zero-order valence-electron chi connectivity index (χ0n) is 13.1. The summed E-state index contributed by atoms with van der Waals surface area (Å²) < 4.78 is 0. The van der Waals surface area contributed by atoms with Crippen LogP contribution in [-0.4, -0.2) is 45.4 Å². The third-order valence-electron chi connectivity index (χ3n) is 4.31. The summed E-state index contributed by atoms with van der Waals surface area (Å²) in [5.74, 6) is 0.639. The first kappa shape index (κ1) is 14.8. The molecule has 1 saturated heterocycles. The van der Waals surface area contributed by atoms with Crippen LogP contribution in [-0.2, 0) is 4.84 Å². The average molecular weight is 323 g/mol. The van der Waals surface area contributed by atoms with Crippen molar-refractivity contribution >= 4 is 11.7 Å². The van der Waals surface area contributed by atoms with Gasteiger partial charge in [-0.3, -0.25) is 9.78 Å². The highest BCUT2D eigenvalue weighted by Gasteiger charge is 2.41. The van der Waals surface area contributed by atoms with Gasteiger partial charge in [-0.15, -0.1) is 0 Å². The van der Waals surface area contributed by atoms with Gasteiger partial charge in [-0.05, 0) is 0 Å². The minimum atomic E-state index is -0.593. The van der Waals surface area contributed by atoms with E-state index >= 15 is 0 Å². The number of hydrogen-bond acceptors (Lipinski definition) is 6. The van der Waals surface area contributed by atoms with E-state index in [1.807, 2.05) is 30.3 Å². The molecule has 7 nitrogen and oxygen atoms in total. The van der Waals surface area contributed by atoms with Crippen LogP contribution < -0.4 is 5.48 Å². The smallest absolute Gasteiger partial charge is 0.274 e. The maximum Gasteiger partial charge on any atom is 0.274 e. The van der Waals surface area contributed by atoms with Crippen LogP contribution in [0, 0.1) is 0 Å². The van der Waals surface area contributed by atoms with Crippen molar-refractivity contribution in [2.24, 2.45) is 4.99 Å². The number of aromatic nitrogens is 2. The van der Waals surface area contributed by atoms with Gasteiger partial charge in [0.05, 0.1) is 6.20 Å². The van der Waals surface area contributed by atoms with E-state index in [0.29, 0.717) is 31.6 Å². The molecular weight excluding hydrogens is 306 g/mol. The van der Waals surface area contributed by atoms with Gasteiger partial charge in [0.25, 0.3) is 5.91 Å². The van der Waals surface area contributed by atoms with Crippen molar-refractivity contribution in [1.82, 2.24) is 20.3 Å². The highest BCUT2D eigenvalue weighted by molar-refractivity contribution is 5.99. The highest BCUT2D eigenvalue weighted by Crippen LogP contribution is 2.31. The Balaban J connectivity index is 1.45. The number of hydrogen-bond donors (Lipinski definition) is 1. The van der Waals surface area contributed by atoms with E-state index in [0.717, 1.165) is 11.4 Å². The molecule has 2 aromatic rings. The molecular formula is C17H17N5O2. The van der Waals surface area contributed by atoms with Crippen LogP contribution in [0.15, 0.2) is 53.9 Å². The molecule has 0 bridgehead atoms. The van der Waals surface area contributed by atoms with Gasteiger partial charge in [-0.2, -0.15) is 0 Å². The van der Waals surface area contributed by atoms with Crippen LogP contribution in [0.1, 0.15) is 28.9 Å². The van der Waals surface area contributed by atoms with E-state index in [1.54, 1.807) is 11.1 Å². The predicted octanol–water partition coefficient (Wildman–Crippen LogP) is 1.39. The van der Waals surface area contributed by atoms with Crippen molar-refractivity contribution in [2.45, 2.75) is 18.6 Å². The van der Waals surface area contributed by atoms with Gasteiger partial charge >= 0.3 is 0 Å². The summed E-state index contributed by atoms with van der Waals surface area (Å²) in [4.78, 5) is 32.7. The first-order valence-electron chi connectivity index (χ1n) is 7.90. The second-order valence-corrected chi connectivity index (χ2v) is 5.86. The Kier molecular flexibility index (Phi) is 3.70. The molecule has 1 aromatic heterocycles. The van der Waals surface area contributed by atoms with Crippen molar-refractivity contribution in [3.63, 3.8) is 0 Å². The van der Waals surface area contributed by atoms with Gasteiger partial charge in [-0.25, -0.2) is 20.3 Å². The van der Waals surface area contributed by atoms with Crippen LogP contribution in [0.25, 0.3) is 0 Å². The fraction of sp³-hybridized carbons (Fsp3) is 0.294. The lowest BCUT2D eigenvalue weighted by Gasteiger charge is -2.35. The third-order valence-corrected chi connectivity index (χ3v) is 4.31. The van der Waals surface area contributed by atoms with Crippen molar-refractivity contribution in [3.8, 4) is 0 Å². The zero-order valence-corrected chi connectivity index (χ0v) is 13.1. The quantitative estimate of drug-likeness (QED) is 0.903. The molecule has 7 heteroatoms. The molecule has 1 aromatic carbocycles. The Hall–Kier alpha value is -2.80. The molecule has 2 aliphatic heterocycles. The molecule has 24 heavy (non-hydrogen) atoms. The fourth-order valence-electron chi connectivity index (χ4n) is 2.96. The topological polar surface area (TPSA) is 79.7 Å². The Morgan fingerprint density at radius 3 is 2.67 bits per heavy atom. The van der Waals surface area contributed by atoms with Crippen LogP contribution in [0.3, 0.4) is 0 Å².